The van der Waals surface area contributed by atoms with E-state index in [1.165, 1.54) is 13.0 Å². The molecule has 0 aromatic heterocycles. The summed E-state index contributed by atoms with van der Waals surface area (Å²) in [6.07, 6.45) is 0. The standard InChI is InChI=1S/C6H8F2N2Si/c1-5(3-9)6(4-10)11(2,7)8/h5-6H,1-2H3. The van der Waals surface area contributed by atoms with Crippen LogP contribution < -0.4 is 0 Å². The lowest BCUT2D eigenvalue weighted by atomic mass is 10.1. The van der Waals surface area contributed by atoms with Crippen molar-refractivity contribution < 1.29 is 8.22 Å². The van der Waals surface area contributed by atoms with E-state index in [0.29, 0.717) is 0 Å². The molecule has 0 fully saturated rings. The highest BCUT2D eigenvalue weighted by molar-refractivity contribution is 6.67. The molecule has 0 aromatic rings. The van der Waals surface area contributed by atoms with Gasteiger partial charge in [0.25, 0.3) is 0 Å². The van der Waals surface area contributed by atoms with Crippen LogP contribution in [0.4, 0.5) is 8.22 Å². The molecule has 0 radical (unpaired) electrons. The van der Waals surface area contributed by atoms with Crippen molar-refractivity contribution in [3.8, 4) is 12.1 Å². The third kappa shape index (κ3) is 2.65. The zero-order valence-electron chi connectivity index (χ0n) is 6.31. The Morgan fingerprint density at radius 1 is 1.27 bits per heavy atom. The molecule has 0 spiro atoms. The van der Waals surface area contributed by atoms with Gasteiger partial charge in [-0.2, -0.15) is 10.5 Å². The summed E-state index contributed by atoms with van der Waals surface area (Å²) in [5, 5.41) is 16.6. The fourth-order valence-electron chi connectivity index (χ4n) is 0.739. The Kier molecular flexibility index (Phi) is 3.15. The largest absolute Gasteiger partial charge is 0.439 e. The quantitative estimate of drug-likeness (QED) is 0.475. The molecule has 0 N–H and O–H groups in total. The first-order chi connectivity index (χ1) is 4.93. The third-order valence-electron chi connectivity index (χ3n) is 1.39. The van der Waals surface area contributed by atoms with Crippen molar-refractivity contribution in [1.29, 1.82) is 10.5 Å². The van der Waals surface area contributed by atoms with Crippen LogP contribution in [0.5, 0.6) is 0 Å². The van der Waals surface area contributed by atoms with Crippen LogP contribution in [-0.2, 0) is 0 Å². The first kappa shape index (κ1) is 10.1. The fraction of sp³-hybridized carbons (Fsp3) is 0.667. The Hall–Kier alpha value is -0.943. The summed E-state index contributed by atoms with van der Waals surface area (Å²) in [7, 11) is -4.45. The van der Waals surface area contributed by atoms with E-state index in [2.05, 4.69) is 0 Å². The molecule has 0 heterocycles. The minimum Gasteiger partial charge on any atom is -0.269 e. The average molecular weight is 174 g/mol. The van der Waals surface area contributed by atoms with Crippen LogP contribution >= 0.6 is 0 Å². The van der Waals surface area contributed by atoms with Gasteiger partial charge in [0.1, 0.15) is 5.54 Å². The van der Waals surface area contributed by atoms with Gasteiger partial charge in [-0.1, -0.05) is 0 Å². The van der Waals surface area contributed by atoms with Gasteiger partial charge >= 0.3 is 8.74 Å². The molecule has 2 unspecified atom stereocenters. The zero-order chi connectivity index (χ0) is 9.07. The van der Waals surface area contributed by atoms with Crippen molar-refractivity contribution >= 4 is 8.74 Å². The summed E-state index contributed by atoms with van der Waals surface area (Å²) >= 11 is 0. The van der Waals surface area contributed by atoms with Gasteiger partial charge in [0.2, 0.25) is 0 Å². The second-order valence-electron chi connectivity index (χ2n) is 2.48. The Morgan fingerprint density at radius 3 is 1.82 bits per heavy atom. The molecule has 11 heavy (non-hydrogen) atoms. The maximum absolute atomic E-state index is 12.6. The molecule has 0 aromatic carbocycles. The lowest BCUT2D eigenvalue weighted by Crippen LogP contribution is -2.28. The molecule has 0 amide bonds. The number of rotatable bonds is 2. The van der Waals surface area contributed by atoms with Gasteiger partial charge in [-0.15, -0.1) is 0 Å². The highest BCUT2D eigenvalue weighted by Gasteiger charge is 2.43. The molecule has 0 saturated carbocycles. The van der Waals surface area contributed by atoms with Gasteiger partial charge in [0.15, 0.2) is 0 Å². The van der Waals surface area contributed by atoms with E-state index in [4.69, 9.17) is 10.5 Å². The molecule has 0 aliphatic carbocycles. The summed E-state index contributed by atoms with van der Waals surface area (Å²) < 4.78 is 25.2. The molecule has 0 bridgehead atoms. The van der Waals surface area contributed by atoms with Crippen LogP contribution in [0.1, 0.15) is 6.92 Å². The summed E-state index contributed by atoms with van der Waals surface area (Å²) in [6.45, 7) is 2.13. The van der Waals surface area contributed by atoms with Gasteiger partial charge < -0.3 is 0 Å². The van der Waals surface area contributed by atoms with Gasteiger partial charge in [-0.3, -0.25) is 8.22 Å². The summed E-state index contributed by atoms with van der Waals surface area (Å²) in [5.41, 5.74) is -1.37. The number of hydrogen-bond donors (Lipinski definition) is 0. The molecule has 2 nitrogen and oxygen atoms in total. The smallest absolute Gasteiger partial charge is 0.269 e. The Morgan fingerprint density at radius 2 is 1.73 bits per heavy atom. The molecule has 5 heteroatoms. The molecule has 0 saturated heterocycles. The van der Waals surface area contributed by atoms with Crippen molar-refractivity contribution in [2.45, 2.75) is 19.0 Å². The SMILES string of the molecule is CC(C#N)C(C#N)[Si](C)(F)F. The van der Waals surface area contributed by atoms with Crippen LogP contribution in [-0.4, -0.2) is 8.74 Å². The molecule has 0 rings (SSSR count). The van der Waals surface area contributed by atoms with Gasteiger partial charge in [0, 0.05) is 0 Å². The molecular formula is C6H8F2N2Si. The topological polar surface area (TPSA) is 47.6 Å². The van der Waals surface area contributed by atoms with E-state index in [-0.39, 0.29) is 0 Å². The van der Waals surface area contributed by atoms with Crippen molar-refractivity contribution in [3.63, 3.8) is 0 Å². The lowest BCUT2D eigenvalue weighted by Gasteiger charge is -2.14. The van der Waals surface area contributed by atoms with Gasteiger partial charge in [-0.05, 0) is 13.5 Å². The van der Waals surface area contributed by atoms with E-state index in [1.54, 1.807) is 6.07 Å². The Balaban J connectivity index is 4.48. The van der Waals surface area contributed by atoms with Gasteiger partial charge in [-0.25, -0.2) is 0 Å². The summed E-state index contributed by atoms with van der Waals surface area (Å²) in [5.74, 6) is -0.869. The predicted molar refractivity (Wildman–Crippen MR) is 38.0 cm³/mol. The number of nitrogens with zero attached hydrogens (tertiary/aromatic N) is 2. The van der Waals surface area contributed by atoms with Crippen LogP contribution in [0.15, 0.2) is 0 Å². The number of nitriles is 2. The summed E-state index contributed by atoms with van der Waals surface area (Å²) in [6, 6.07) is 3.14. The fourth-order valence-corrected chi connectivity index (χ4v) is 1.92. The van der Waals surface area contributed by atoms with E-state index in [0.717, 1.165) is 6.55 Å². The normalized spacial score (nSPS) is 16.2. The van der Waals surface area contributed by atoms with E-state index >= 15 is 0 Å². The van der Waals surface area contributed by atoms with Crippen molar-refractivity contribution in [1.82, 2.24) is 0 Å². The predicted octanol–water partition coefficient (Wildman–Crippen LogP) is 2.05. The maximum atomic E-state index is 12.6. The van der Waals surface area contributed by atoms with Crippen LogP contribution in [0.25, 0.3) is 0 Å². The minimum atomic E-state index is -4.45. The van der Waals surface area contributed by atoms with E-state index in [1.807, 2.05) is 0 Å². The molecule has 60 valence electrons. The minimum absolute atomic E-state index is 0.786. The molecule has 0 aliphatic heterocycles. The highest BCUT2D eigenvalue weighted by Crippen LogP contribution is 2.30. The number of hydrogen-bond acceptors (Lipinski definition) is 2. The second kappa shape index (κ2) is 3.45. The zero-order valence-corrected chi connectivity index (χ0v) is 7.31. The first-order valence-electron chi connectivity index (χ1n) is 3.10. The Bertz CT molecular complexity index is 210. The summed E-state index contributed by atoms with van der Waals surface area (Å²) in [4.78, 5) is 0. The van der Waals surface area contributed by atoms with Crippen molar-refractivity contribution in [2.24, 2.45) is 5.92 Å². The second-order valence-corrected chi connectivity index (χ2v) is 5.02. The maximum Gasteiger partial charge on any atom is 0.439 e. The highest BCUT2D eigenvalue weighted by atomic mass is 28.4. The van der Waals surface area contributed by atoms with E-state index < -0.39 is 20.2 Å². The molecule has 2 atom stereocenters. The first-order valence-corrected chi connectivity index (χ1v) is 5.44. The van der Waals surface area contributed by atoms with Crippen LogP contribution in [0, 0.1) is 28.6 Å². The van der Waals surface area contributed by atoms with Crippen LogP contribution in [0.2, 0.25) is 12.1 Å². The monoisotopic (exact) mass is 174 g/mol. The molecule has 0 aliphatic rings. The number of halogens is 2. The van der Waals surface area contributed by atoms with Gasteiger partial charge in [0.05, 0.1) is 18.1 Å². The van der Waals surface area contributed by atoms with Crippen molar-refractivity contribution in [2.75, 3.05) is 0 Å². The molecular weight excluding hydrogens is 166 g/mol. The average Bonchev–Trinajstić information content (AvgIpc) is 1.86. The Labute approximate surface area is 65.4 Å². The van der Waals surface area contributed by atoms with Crippen molar-refractivity contribution in [3.05, 3.63) is 0 Å². The third-order valence-corrected chi connectivity index (χ3v) is 3.11. The van der Waals surface area contributed by atoms with Crippen LogP contribution in [0.3, 0.4) is 0 Å². The lowest BCUT2D eigenvalue weighted by molar-refractivity contribution is 0.551. The van der Waals surface area contributed by atoms with E-state index in [9.17, 15) is 8.22 Å².